The maximum Gasteiger partial charge on any atom is 0.227 e. The summed E-state index contributed by atoms with van der Waals surface area (Å²) in [7, 11) is 2.07. The van der Waals surface area contributed by atoms with Gasteiger partial charge in [0, 0.05) is 26.1 Å². The monoisotopic (exact) mass is 367 g/mol. The Labute approximate surface area is 161 Å². The highest BCUT2D eigenvalue weighted by Crippen LogP contribution is 2.26. The van der Waals surface area contributed by atoms with Gasteiger partial charge >= 0.3 is 0 Å². The van der Waals surface area contributed by atoms with Crippen molar-refractivity contribution in [2.24, 2.45) is 7.05 Å². The molecule has 2 aromatic rings. The van der Waals surface area contributed by atoms with Crippen molar-refractivity contribution in [1.82, 2.24) is 24.6 Å². The van der Waals surface area contributed by atoms with Crippen LogP contribution in [0, 0.1) is 0 Å². The molecule has 0 spiro atoms. The van der Waals surface area contributed by atoms with Gasteiger partial charge in [-0.05, 0) is 44.3 Å². The molecule has 2 aliphatic rings. The number of likely N-dealkylation sites (tertiary alicyclic amines) is 2. The van der Waals surface area contributed by atoms with E-state index in [1.807, 2.05) is 35.2 Å². The summed E-state index contributed by atoms with van der Waals surface area (Å²) >= 11 is 0. The number of aromatic nitrogens is 3. The molecule has 0 bridgehead atoms. The van der Waals surface area contributed by atoms with E-state index in [1.54, 1.807) is 0 Å². The van der Waals surface area contributed by atoms with E-state index in [0.717, 1.165) is 62.8 Å². The van der Waals surface area contributed by atoms with Crippen LogP contribution < -0.4 is 0 Å². The summed E-state index contributed by atoms with van der Waals surface area (Å²) in [6.45, 7) is 4.80. The summed E-state index contributed by atoms with van der Waals surface area (Å²) in [5.41, 5.74) is 1.08. The first kappa shape index (κ1) is 18.2. The lowest BCUT2D eigenvalue weighted by Gasteiger charge is -2.32. The predicted molar refractivity (Wildman–Crippen MR) is 104 cm³/mol. The maximum absolute atomic E-state index is 12.7. The first-order valence-corrected chi connectivity index (χ1v) is 10.1. The fourth-order valence-electron chi connectivity index (χ4n) is 4.31. The van der Waals surface area contributed by atoms with Crippen LogP contribution >= 0.6 is 0 Å². The van der Waals surface area contributed by atoms with E-state index >= 15 is 0 Å². The smallest absolute Gasteiger partial charge is 0.227 e. The van der Waals surface area contributed by atoms with Crippen molar-refractivity contribution in [3.8, 4) is 0 Å². The molecular formula is C21H29N5O. The van der Waals surface area contributed by atoms with Gasteiger partial charge in [0.25, 0.3) is 0 Å². The highest BCUT2D eigenvalue weighted by Gasteiger charge is 2.28. The van der Waals surface area contributed by atoms with Crippen LogP contribution in [0.15, 0.2) is 30.3 Å². The number of piperidine rings is 1. The van der Waals surface area contributed by atoms with Gasteiger partial charge in [-0.15, -0.1) is 10.2 Å². The van der Waals surface area contributed by atoms with Gasteiger partial charge in [0.1, 0.15) is 11.6 Å². The predicted octanol–water partition coefficient (Wildman–Crippen LogP) is 2.36. The van der Waals surface area contributed by atoms with Crippen LogP contribution in [0.3, 0.4) is 0 Å². The van der Waals surface area contributed by atoms with E-state index in [0.29, 0.717) is 6.42 Å². The van der Waals surface area contributed by atoms with Crippen molar-refractivity contribution >= 4 is 5.91 Å². The summed E-state index contributed by atoms with van der Waals surface area (Å²) in [5, 5.41) is 8.97. The number of amides is 1. The number of hydrogen-bond acceptors (Lipinski definition) is 4. The molecule has 4 rings (SSSR count). The molecule has 27 heavy (non-hydrogen) atoms. The Bertz CT molecular complexity index is 766. The van der Waals surface area contributed by atoms with Crippen molar-refractivity contribution in [3.63, 3.8) is 0 Å². The molecule has 0 saturated carbocycles. The Kier molecular flexibility index (Phi) is 5.53. The lowest BCUT2D eigenvalue weighted by Crippen LogP contribution is -2.40. The van der Waals surface area contributed by atoms with Gasteiger partial charge in [-0.3, -0.25) is 9.69 Å². The zero-order valence-electron chi connectivity index (χ0n) is 16.2. The first-order chi connectivity index (χ1) is 13.2. The topological polar surface area (TPSA) is 54.3 Å². The summed E-state index contributed by atoms with van der Waals surface area (Å²) in [6.07, 6.45) is 5.15. The number of carbonyl (C=O) groups excluding carboxylic acids is 1. The van der Waals surface area contributed by atoms with E-state index in [4.69, 9.17) is 0 Å². The number of nitrogens with zero attached hydrogens (tertiary/aromatic N) is 5. The second-order valence-corrected chi connectivity index (χ2v) is 7.86. The molecule has 3 heterocycles. The summed E-state index contributed by atoms with van der Waals surface area (Å²) < 4.78 is 2.16. The highest BCUT2D eigenvalue weighted by molar-refractivity contribution is 5.78. The molecular weight excluding hydrogens is 338 g/mol. The fourth-order valence-corrected chi connectivity index (χ4v) is 4.31. The quantitative estimate of drug-likeness (QED) is 0.814. The molecule has 1 aromatic carbocycles. The molecule has 0 unspecified atom stereocenters. The van der Waals surface area contributed by atoms with E-state index < -0.39 is 0 Å². The van der Waals surface area contributed by atoms with Crippen molar-refractivity contribution in [2.75, 3.05) is 26.2 Å². The van der Waals surface area contributed by atoms with E-state index in [2.05, 4.69) is 26.7 Å². The van der Waals surface area contributed by atoms with Gasteiger partial charge < -0.3 is 9.47 Å². The highest BCUT2D eigenvalue weighted by atomic mass is 16.2. The molecule has 6 heteroatoms. The molecule has 1 atom stereocenters. The molecule has 1 amide bonds. The second-order valence-electron chi connectivity index (χ2n) is 7.86. The minimum Gasteiger partial charge on any atom is -0.342 e. The van der Waals surface area contributed by atoms with Crippen LogP contribution in [-0.2, 0) is 24.8 Å². The van der Waals surface area contributed by atoms with Crippen molar-refractivity contribution in [1.29, 1.82) is 0 Å². The third-order valence-corrected chi connectivity index (χ3v) is 5.90. The van der Waals surface area contributed by atoms with Crippen molar-refractivity contribution in [2.45, 2.75) is 44.6 Å². The third-order valence-electron chi connectivity index (χ3n) is 5.90. The Hall–Kier alpha value is -2.21. The lowest BCUT2D eigenvalue weighted by atomic mass is 9.96. The van der Waals surface area contributed by atoms with Gasteiger partial charge in [-0.25, -0.2) is 0 Å². The van der Waals surface area contributed by atoms with Crippen LogP contribution in [0.25, 0.3) is 0 Å². The molecule has 2 saturated heterocycles. The Balaban J connectivity index is 1.40. The largest absolute Gasteiger partial charge is 0.342 e. The SMILES string of the molecule is Cn1c(CN2CCCC2)nnc1[C@H]1CCCN(C(=O)Cc2ccccc2)C1. The van der Waals surface area contributed by atoms with E-state index in [1.165, 1.54) is 12.8 Å². The maximum atomic E-state index is 12.7. The first-order valence-electron chi connectivity index (χ1n) is 10.1. The summed E-state index contributed by atoms with van der Waals surface area (Å²) in [5.74, 6) is 2.56. The zero-order chi connectivity index (χ0) is 18.6. The number of rotatable bonds is 5. The number of hydrogen-bond donors (Lipinski definition) is 0. The molecule has 0 aliphatic carbocycles. The van der Waals surface area contributed by atoms with Gasteiger partial charge in [0.2, 0.25) is 5.91 Å². The Morgan fingerprint density at radius 2 is 1.85 bits per heavy atom. The average molecular weight is 367 g/mol. The minimum absolute atomic E-state index is 0.213. The normalized spacial score (nSPS) is 20.9. The van der Waals surface area contributed by atoms with Gasteiger partial charge in [-0.2, -0.15) is 0 Å². The third kappa shape index (κ3) is 4.21. The standard InChI is InChI=1S/C21H29N5O/c1-24-19(16-25-11-5-6-12-25)22-23-21(24)18-10-7-13-26(15-18)20(27)14-17-8-3-2-4-9-17/h2-4,8-9,18H,5-7,10-16H2,1H3/t18-/m0/s1. The summed E-state index contributed by atoms with van der Waals surface area (Å²) in [6, 6.07) is 10.0. The average Bonchev–Trinajstić information content (AvgIpc) is 3.33. The van der Waals surface area contributed by atoms with Crippen LogP contribution in [0.1, 0.15) is 48.8 Å². The lowest BCUT2D eigenvalue weighted by molar-refractivity contribution is -0.131. The molecule has 2 fully saturated rings. The van der Waals surface area contributed by atoms with Gasteiger partial charge in [0.05, 0.1) is 13.0 Å². The molecule has 1 aromatic heterocycles. The Morgan fingerprint density at radius 1 is 1.07 bits per heavy atom. The van der Waals surface area contributed by atoms with E-state index in [-0.39, 0.29) is 11.8 Å². The van der Waals surface area contributed by atoms with Crippen LogP contribution in [0.4, 0.5) is 0 Å². The molecule has 6 nitrogen and oxygen atoms in total. The molecule has 0 N–H and O–H groups in total. The van der Waals surface area contributed by atoms with Crippen molar-refractivity contribution < 1.29 is 4.79 Å². The van der Waals surface area contributed by atoms with Crippen molar-refractivity contribution in [3.05, 3.63) is 47.5 Å². The van der Waals surface area contributed by atoms with Gasteiger partial charge in [-0.1, -0.05) is 30.3 Å². The summed E-state index contributed by atoms with van der Waals surface area (Å²) in [4.78, 5) is 17.2. The molecule has 144 valence electrons. The Morgan fingerprint density at radius 3 is 2.63 bits per heavy atom. The molecule has 2 aliphatic heterocycles. The van der Waals surface area contributed by atoms with Crippen LogP contribution in [0.2, 0.25) is 0 Å². The minimum atomic E-state index is 0.213. The fraction of sp³-hybridized carbons (Fsp3) is 0.571. The van der Waals surface area contributed by atoms with Crippen LogP contribution in [-0.4, -0.2) is 56.7 Å². The zero-order valence-corrected chi connectivity index (χ0v) is 16.2. The number of benzene rings is 1. The number of carbonyl (C=O) groups is 1. The second kappa shape index (κ2) is 8.21. The van der Waals surface area contributed by atoms with Gasteiger partial charge in [0.15, 0.2) is 0 Å². The molecule has 0 radical (unpaired) electrons. The van der Waals surface area contributed by atoms with Crippen LogP contribution in [0.5, 0.6) is 0 Å². The van der Waals surface area contributed by atoms with E-state index in [9.17, 15) is 4.79 Å².